The minimum Gasteiger partial charge on any atom is -0.389 e. The fourth-order valence-electron chi connectivity index (χ4n) is 0.867. The molecule has 0 fully saturated rings. The van der Waals surface area contributed by atoms with Gasteiger partial charge < -0.3 is 5.11 Å². The van der Waals surface area contributed by atoms with Gasteiger partial charge in [-0.25, -0.2) is 8.42 Å². The standard InChI is InChI=1S/C8H16ClIO3S/c1-5-14(12,13)8(9,10)6(11)7(2,3)4/h6,11H,5H2,1-4H3/t6-,8-/m1/s1. The van der Waals surface area contributed by atoms with Crippen molar-refractivity contribution in [1.82, 2.24) is 0 Å². The number of alkyl halides is 2. The third-order valence-corrected chi connectivity index (χ3v) is 7.26. The van der Waals surface area contributed by atoms with Gasteiger partial charge in [-0.15, -0.1) is 0 Å². The molecule has 0 aromatic rings. The molecule has 0 saturated heterocycles. The Bertz CT molecular complexity index is 292. The van der Waals surface area contributed by atoms with Gasteiger partial charge in [0.1, 0.15) is 6.10 Å². The van der Waals surface area contributed by atoms with Crippen molar-refractivity contribution >= 4 is 44.0 Å². The molecule has 0 radical (unpaired) electrons. The van der Waals surface area contributed by atoms with Crippen LogP contribution in [0.2, 0.25) is 0 Å². The normalized spacial score (nSPS) is 20.2. The van der Waals surface area contributed by atoms with E-state index in [1.54, 1.807) is 43.4 Å². The molecule has 0 aromatic heterocycles. The summed E-state index contributed by atoms with van der Waals surface area (Å²) in [5, 5.41) is 9.86. The number of aliphatic hydroxyl groups excluding tert-OH is 1. The summed E-state index contributed by atoms with van der Waals surface area (Å²) in [5.41, 5.74) is -0.564. The first-order valence-electron chi connectivity index (χ1n) is 4.25. The van der Waals surface area contributed by atoms with Crippen molar-refractivity contribution in [2.24, 2.45) is 5.41 Å². The van der Waals surface area contributed by atoms with Crippen molar-refractivity contribution in [3.8, 4) is 0 Å². The van der Waals surface area contributed by atoms with Gasteiger partial charge in [-0.3, -0.25) is 0 Å². The summed E-state index contributed by atoms with van der Waals surface area (Å²) in [7, 11) is -3.48. The topological polar surface area (TPSA) is 54.4 Å². The van der Waals surface area contributed by atoms with Crippen LogP contribution in [0.5, 0.6) is 0 Å². The van der Waals surface area contributed by atoms with Crippen molar-refractivity contribution in [3.05, 3.63) is 0 Å². The van der Waals surface area contributed by atoms with Gasteiger partial charge >= 0.3 is 0 Å². The van der Waals surface area contributed by atoms with Crippen LogP contribution >= 0.6 is 34.2 Å². The zero-order valence-electron chi connectivity index (χ0n) is 8.71. The van der Waals surface area contributed by atoms with Crippen molar-refractivity contribution in [3.63, 3.8) is 0 Å². The number of sulfone groups is 1. The van der Waals surface area contributed by atoms with Crippen molar-refractivity contribution in [2.45, 2.75) is 36.0 Å². The van der Waals surface area contributed by atoms with Crippen molar-refractivity contribution in [2.75, 3.05) is 5.75 Å². The predicted molar refractivity (Wildman–Crippen MR) is 67.5 cm³/mol. The molecule has 0 aliphatic heterocycles. The molecule has 2 atom stereocenters. The Kier molecular flexibility index (Phi) is 4.72. The van der Waals surface area contributed by atoms with Crippen LogP contribution in [0.3, 0.4) is 0 Å². The van der Waals surface area contributed by atoms with Crippen molar-refractivity contribution in [1.29, 1.82) is 0 Å². The lowest BCUT2D eigenvalue weighted by molar-refractivity contribution is 0.0712. The highest BCUT2D eigenvalue weighted by Crippen LogP contribution is 2.42. The quantitative estimate of drug-likeness (QED) is 0.624. The van der Waals surface area contributed by atoms with Gasteiger partial charge in [0.25, 0.3) is 0 Å². The van der Waals surface area contributed by atoms with Gasteiger partial charge in [0.05, 0.1) is 5.75 Å². The highest BCUT2D eigenvalue weighted by Gasteiger charge is 2.49. The number of aliphatic hydroxyl groups is 1. The second kappa shape index (κ2) is 4.43. The Balaban J connectivity index is 5.18. The van der Waals surface area contributed by atoms with E-state index in [1.807, 2.05) is 0 Å². The van der Waals surface area contributed by atoms with Gasteiger partial charge in [-0.1, -0.05) is 39.3 Å². The van der Waals surface area contributed by atoms with E-state index < -0.39 is 23.6 Å². The molecule has 1 N–H and O–H groups in total. The SMILES string of the molecule is CCS(=O)(=O)[C@](Cl)(I)[C@H](O)C(C)(C)C. The van der Waals surface area contributed by atoms with Crippen LogP contribution in [0.15, 0.2) is 0 Å². The van der Waals surface area contributed by atoms with E-state index in [4.69, 9.17) is 11.6 Å². The van der Waals surface area contributed by atoms with Crippen LogP contribution in [0, 0.1) is 5.41 Å². The number of rotatable bonds is 3. The molecule has 14 heavy (non-hydrogen) atoms. The average Bonchev–Trinajstić information content (AvgIpc) is 2.01. The molecule has 0 aromatic carbocycles. The second-order valence-corrected chi connectivity index (χ2v) is 10.6. The number of hydrogen-bond acceptors (Lipinski definition) is 3. The van der Waals surface area contributed by atoms with Crippen molar-refractivity contribution < 1.29 is 13.5 Å². The van der Waals surface area contributed by atoms with Gasteiger partial charge in [0.15, 0.2) is 9.84 Å². The fraction of sp³-hybridized carbons (Fsp3) is 1.00. The molecule has 0 bridgehead atoms. The molecular weight excluding hydrogens is 339 g/mol. The van der Waals surface area contributed by atoms with Crippen LogP contribution < -0.4 is 0 Å². The van der Waals surface area contributed by atoms with Crippen LogP contribution in [-0.2, 0) is 9.84 Å². The van der Waals surface area contributed by atoms with Crippen LogP contribution in [-0.4, -0.2) is 27.6 Å². The molecule has 0 aliphatic carbocycles. The fourth-order valence-corrected chi connectivity index (χ4v) is 4.47. The monoisotopic (exact) mass is 354 g/mol. The van der Waals surface area contributed by atoms with E-state index >= 15 is 0 Å². The maximum Gasteiger partial charge on any atom is 0.221 e. The smallest absolute Gasteiger partial charge is 0.221 e. The number of hydrogen-bond donors (Lipinski definition) is 1. The van der Waals surface area contributed by atoms with Gasteiger partial charge in [0, 0.05) is 0 Å². The van der Waals surface area contributed by atoms with Gasteiger partial charge in [-0.05, 0) is 28.0 Å². The van der Waals surface area contributed by atoms with E-state index in [-0.39, 0.29) is 5.75 Å². The van der Waals surface area contributed by atoms with E-state index in [2.05, 4.69) is 0 Å². The highest BCUT2D eigenvalue weighted by molar-refractivity contribution is 14.1. The lowest BCUT2D eigenvalue weighted by Gasteiger charge is -2.34. The summed E-state index contributed by atoms with van der Waals surface area (Å²) < 4.78 is 21.6. The van der Waals surface area contributed by atoms with Crippen LogP contribution in [0.4, 0.5) is 0 Å². The van der Waals surface area contributed by atoms with E-state index in [0.29, 0.717) is 0 Å². The first kappa shape index (κ1) is 14.9. The Morgan fingerprint density at radius 1 is 1.43 bits per heavy atom. The Morgan fingerprint density at radius 2 is 1.79 bits per heavy atom. The Labute approximate surface area is 104 Å². The molecule has 3 nitrogen and oxygen atoms in total. The molecule has 86 valence electrons. The van der Waals surface area contributed by atoms with E-state index in [9.17, 15) is 13.5 Å². The Hall–Kier alpha value is 0.930. The zero-order valence-corrected chi connectivity index (χ0v) is 12.4. The van der Waals surface area contributed by atoms with Crippen LogP contribution in [0.1, 0.15) is 27.7 Å². The molecule has 0 unspecified atom stereocenters. The molecule has 0 saturated carbocycles. The second-order valence-electron chi connectivity index (χ2n) is 4.23. The van der Waals surface area contributed by atoms with Crippen LogP contribution in [0.25, 0.3) is 0 Å². The highest BCUT2D eigenvalue weighted by atomic mass is 127. The summed E-state index contributed by atoms with van der Waals surface area (Å²) >= 11 is 7.51. The summed E-state index contributed by atoms with van der Waals surface area (Å²) in [5.74, 6) is -0.0768. The average molecular weight is 355 g/mol. The largest absolute Gasteiger partial charge is 0.389 e. The molecule has 6 heteroatoms. The number of halogens is 2. The first-order chi connectivity index (χ1) is 5.97. The zero-order chi connectivity index (χ0) is 11.8. The summed E-state index contributed by atoms with van der Waals surface area (Å²) in [4.78, 5) is 0. The summed E-state index contributed by atoms with van der Waals surface area (Å²) in [6, 6.07) is 0. The maximum atomic E-state index is 11.6. The molecule has 0 spiro atoms. The third-order valence-electron chi connectivity index (χ3n) is 1.93. The lowest BCUT2D eigenvalue weighted by Crippen LogP contribution is -2.46. The summed E-state index contributed by atoms with van der Waals surface area (Å²) in [6.07, 6.45) is -1.11. The third kappa shape index (κ3) is 2.96. The minimum absolute atomic E-state index is 0.0768. The maximum absolute atomic E-state index is 11.6. The summed E-state index contributed by atoms with van der Waals surface area (Å²) in [6.45, 7) is 6.76. The molecule has 0 rings (SSSR count). The van der Waals surface area contributed by atoms with Gasteiger partial charge in [-0.2, -0.15) is 0 Å². The molecular formula is C8H16ClIO3S. The lowest BCUT2D eigenvalue weighted by atomic mass is 9.90. The van der Waals surface area contributed by atoms with E-state index in [0.717, 1.165) is 0 Å². The molecule has 0 heterocycles. The Morgan fingerprint density at radius 3 is 2.00 bits per heavy atom. The molecule has 0 aliphatic rings. The molecule has 0 amide bonds. The van der Waals surface area contributed by atoms with Gasteiger partial charge in [0.2, 0.25) is 2.21 Å². The predicted octanol–water partition coefficient (Wildman–Crippen LogP) is 2.16. The van der Waals surface area contributed by atoms with E-state index in [1.165, 1.54) is 6.92 Å². The first-order valence-corrected chi connectivity index (χ1v) is 7.36. The minimum atomic E-state index is -3.48.